The Hall–Kier alpha value is -1.95. The van der Waals surface area contributed by atoms with E-state index in [-0.39, 0.29) is 11.6 Å². The fourth-order valence-electron chi connectivity index (χ4n) is 2.56. The zero-order valence-electron chi connectivity index (χ0n) is 10.4. The highest BCUT2D eigenvalue weighted by molar-refractivity contribution is 6.04. The number of amides is 1. The van der Waals surface area contributed by atoms with Gasteiger partial charge in [0, 0.05) is 11.6 Å². The van der Waals surface area contributed by atoms with Crippen molar-refractivity contribution in [3.63, 3.8) is 0 Å². The van der Waals surface area contributed by atoms with Gasteiger partial charge in [0.1, 0.15) is 11.3 Å². The zero-order chi connectivity index (χ0) is 13.4. The molecule has 0 spiro atoms. The zero-order valence-corrected chi connectivity index (χ0v) is 10.4. The van der Waals surface area contributed by atoms with E-state index in [2.05, 4.69) is 10.4 Å². The summed E-state index contributed by atoms with van der Waals surface area (Å²) in [4.78, 5) is 11.3. The number of hydrogen-bond acceptors (Lipinski definition) is 3. The second-order valence-electron chi connectivity index (χ2n) is 4.85. The van der Waals surface area contributed by atoms with Gasteiger partial charge in [-0.25, -0.2) is 4.39 Å². The summed E-state index contributed by atoms with van der Waals surface area (Å²) >= 11 is 0. The van der Waals surface area contributed by atoms with Crippen LogP contribution in [0.4, 0.5) is 4.39 Å². The molecule has 1 aliphatic heterocycles. The van der Waals surface area contributed by atoms with Crippen LogP contribution in [-0.4, -0.2) is 28.8 Å². The first-order valence-electron chi connectivity index (χ1n) is 6.34. The number of fused-ring (bicyclic) bond motifs is 1. The van der Waals surface area contributed by atoms with Crippen molar-refractivity contribution in [2.24, 2.45) is 5.73 Å². The molecule has 0 bridgehead atoms. The van der Waals surface area contributed by atoms with E-state index in [0.29, 0.717) is 10.9 Å². The van der Waals surface area contributed by atoms with Gasteiger partial charge in [-0.05, 0) is 38.1 Å². The number of nitrogens with zero attached hydrogens (tertiary/aromatic N) is 2. The van der Waals surface area contributed by atoms with Crippen molar-refractivity contribution >= 4 is 16.8 Å². The molecular weight excluding hydrogens is 247 g/mol. The van der Waals surface area contributed by atoms with E-state index in [4.69, 9.17) is 5.73 Å². The minimum absolute atomic E-state index is 0.141. The van der Waals surface area contributed by atoms with Gasteiger partial charge in [-0.2, -0.15) is 5.10 Å². The molecule has 0 saturated carbocycles. The third kappa shape index (κ3) is 2.19. The number of benzene rings is 1. The highest BCUT2D eigenvalue weighted by atomic mass is 19.1. The van der Waals surface area contributed by atoms with Crippen LogP contribution in [0.2, 0.25) is 0 Å². The summed E-state index contributed by atoms with van der Waals surface area (Å²) in [5.74, 6) is -1.12. The van der Waals surface area contributed by atoms with Gasteiger partial charge in [-0.1, -0.05) is 0 Å². The third-order valence-electron chi connectivity index (χ3n) is 3.54. The number of halogens is 1. The molecule has 0 radical (unpaired) electrons. The first kappa shape index (κ1) is 12.1. The minimum atomic E-state index is -0.653. The standard InChI is InChI=1S/C13H15FN4O/c14-9-5-8-7-18(10-1-3-16-4-2-10)17-12(8)11(6-9)13(15)19/h5-7,10,16H,1-4H2,(H2,15,19). The number of hydrogen-bond donors (Lipinski definition) is 2. The number of primary amides is 1. The van der Waals surface area contributed by atoms with Gasteiger partial charge < -0.3 is 11.1 Å². The van der Waals surface area contributed by atoms with E-state index in [1.54, 1.807) is 6.20 Å². The first-order valence-corrected chi connectivity index (χ1v) is 6.34. The average molecular weight is 262 g/mol. The van der Waals surface area contributed by atoms with Gasteiger partial charge in [0.25, 0.3) is 5.91 Å². The lowest BCUT2D eigenvalue weighted by Crippen LogP contribution is -2.29. The van der Waals surface area contributed by atoms with E-state index < -0.39 is 11.7 Å². The van der Waals surface area contributed by atoms with E-state index in [1.165, 1.54) is 6.07 Å². The first-order chi connectivity index (χ1) is 9.15. The number of rotatable bonds is 2. The number of nitrogens with two attached hydrogens (primary N) is 1. The lowest BCUT2D eigenvalue weighted by atomic mass is 10.1. The lowest BCUT2D eigenvalue weighted by Gasteiger charge is -2.22. The van der Waals surface area contributed by atoms with Crippen LogP contribution in [0.15, 0.2) is 18.3 Å². The summed E-state index contributed by atoms with van der Waals surface area (Å²) < 4.78 is 15.3. The molecule has 1 saturated heterocycles. The maximum atomic E-state index is 13.5. The maximum Gasteiger partial charge on any atom is 0.251 e. The Labute approximate surface area is 109 Å². The second-order valence-corrected chi connectivity index (χ2v) is 4.85. The Bertz CT molecular complexity index is 631. The molecule has 19 heavy (non-hydrogen) atoms. The molecule has 1 aliphatic rings. The van der Waals surface area contributed by atoms with Crippen molar-refractivity contribution in [2.75, 3.05) is 13.1 Å². The fourth-order valence-corrected chi connectivity index (χ4v) is 2.56. The lowest BCUT2D eigenvalue weighted by molar-refractivity contribution is 0.100. The Kier molecular flexibility index (Phi) is 2.94. The molecule has 100 valence electrons. The van der Waals surface area contributed by atoms with Crippen LogP contribution >= 0.6 is 0 Å². The van der Waals surface area contributed by atoms with Gasteiger partial charge in [0.15, 0.2) is 0 Å². The molecule has 2 aromatic rings. The van der Waals surface area contributed by atoms with Crippen molar-refractivity contribution in [1.29, 1.82) is 0 Å². The van der Waals surface area contributed by atoms with Crippen molar-refractivity contribution in [1.82, 2.24) is 15.1 Å². The van der Waals surface area contributed by atoms with Crippen LogP contribution < -0.4 is 11.1 Å². The molecule has 1 aromatic carbocycles. The smallest absolute Gasteiger partial charge is 0.251 e. The topological polar surface area (TPSA) is 72.9 Å². The summed E-state index contributed by atoms with van der Waals surface area (Å²) in [5, 5.41) is 8.32. The van der Waals surface area contributed by atoms with Crippen molar-refractivity contribution in [3.05, 3.63) is 29.7 Å². The van der Waals surface area contributed by atoms with Crippen molar-refractivity contribution < 1.29 is 9.18 Å². The molecule has 5 nitrogen and oxygen atoms in total. The van der Waals surface area contributed by atoms with Crippen LogP contribution in [0, 0.1) is 5.82 Å². The van der Waals surface area contributed by atoms with E-state index in [1.807, 2.05) is 4.68 Å². The van der Waals surface area contributed by atoms with E-state index >= 15 is 0 Å². The molecule has 3 rings (SSSR count). The van der Waals surface area contributed by atoms with Gasteiger partial charge >= 0.3 is 0 Å². The third-order valence-corrected chi connectivity index (χ3v) is 3.54. The molecule has 0 atom stereocenters. The molecule has 2 heterocycles. The minimum Gasteiger partial charge on any atom is -0.366 e. The van der Waals surface area contributed by atoms with Gasteiger partial charge in [-0.3, -0.25) is 9.48 Å². The predicted octanol–water partition coefficient (Wildman–Crippen LogP) is 1.20. The number of aromatic nitrogens is 2. The summed E-state index contributed by atoms with van der Waals surface area (Å²) in [6.45, 7) is 1.88. The van der Waals surface area contributed by atoms with Gasteiger partial charge in [-0.15, -0.1) is 0 Å². The molecular formula is C13H15FN4O. The quantitative estimate of drug-likeness (QED) is 0.854. The Morgan fingerprint density at radius 1 is 1.42 bits per heavy atom. The monoisotopic (exact) mass is 262 g/mol. The molecule has 1 aromatic heterocycles. The number of carbonyl (C=O) groups is 1. The summed E-state index contributed by atoms with van der Waals surface area (Å²) in [6.07, 6.45) is 3.74. The second kappa shape index (κ2) is 4.62. The Morgan fingerprint density at radius 3 is 2.84 bits per heavy atom. The fraction of sp³-hybridized carbons (Fsp3) is 0.385. The van der Waals surface area contributed by atoms with E-state index in [0.717, 1.165) is 32.0 Å². The van der Waals surface area contributed by atoms with Crippen LogP contribution in [-0.2, 0) is 0 Å². The van der Waals surface area contributed by atoms with Crippen LogP contribution in [0.25, 0.3) is 10.9 Å². The van der Waals surface area contributed by atoms with Gasteiger partial charge in [0.05, 0.1) is 11.6 Å². The molecule has 0 unspecified atom stereocenters. The highest BCUT2D eigenvalue weighted by Crippen LogP contribution is 2.24. The predicted molar refractivity (Wildman–Crippen MR) is 69.3 cm³/mol. The van der Waals surface area contributed by atoms with Crippen LogP contribution in [0.1, 0.15) is 29.2 Å². The van der Waals surface area contributed by atoms with Crippen molar-refractivity contribution in [2.45, 2.75) is 18.9 Å². The Balaban J connectivity index is 2.09. The molecule has 1 amide bonds. The summed E-state index contributed by atoms with van der Waals surface area (Å²) in [6, 6.07) is 2.81. The molecule has 3 N–H and O–H groups in total. The number of carbonyl (C=O) groups excluding carboxylic acids is 1. The van der Waals surface area contributed by atoms with Crippen molar-refractivity contribution in [3.8, 4) is 0 Å². The molecule has 6 heteroatoms. The summed E-state index contributed by atoms with van der Waals surface area (Å²) in [7, 11) is 0. The molecule has 0 aliphatic carbocycles. The summed E-state index contributed by atoms with van der Waals surface area (Å²) in [5.41, 5.74) is 5.89. The van der Waals surface area contributed by atoms with E-state index in [9.17, 15) is 9.18 Å². The number of piperidine rings is 1. The number of nitrogens with one attached hydrogen (secondary N) is 1. The highest BCUT2D eigenvalue weighted by Gasteiger charge is 2.19. The average Bonchev–Trinajstić information content (AvgIpc) is 2.82. The Morgan fingerprint density at radius 2 is 2.16 bits per heavy atom. The molecule has 1 fully saturated rings. The SMILES string of the molecule is NC(=O)c1cc(F)cc2cn(C3CCNCC3)nc12. The van der Waals surface area contributed by atoms with Crippen LogP contribution in [0.3, 0.4) is 0 Å². The van der Waals surface area contributed by atoms with Crippen LogP contribution in [0.5, 0.6) is 0 Å². The largest absolute Gasteiger partial charge is 0.366 e. The normalized spacial score (nSPS) is 16.9. The maximum absolute atomic E-state index is 13.5. The van der Waals surface area contributed by atoms with Gasteiger partial charge in [0.2, 0.25) is 0 Å².